The maximum Gasteiger partial charge on any atom is 0.144 e. The highest BCUT2D eigenvalue weighted by molar-refractivity contribution is 5.30. The fourth-order valence-corrected chi connectivity index (χ4v) is 2.33. The average Bonchev–Trinajstić information content (AvgIpc) is 2.64. The van der Waals surface area contributed by atoms with Crippen molar-refractivity contribution in [2.75, 3.05) is 31.5 Å². The Morgan fingerprint density at radius 1 is 1.24 bits per heavy atom. The number of likely N-dealkylation sites (tertiary alicyclic amines) is 1. The Hall–Kier alpha value is -1.10. The third-order valence-electron chi connectivity index (χ3n) is 3.35. The number of nitrogens with one attached hydrogen (secondary N) is 1. The van der Waals surface area contributed by atoms with Crippen molar-refractivity contribution in [1.82, 2.24) is 19.9 Å². The summed E-state index contributed by atoms with van der Waals surface area (Å²) in [4.78, 5) is 2.56. The van der Waals surface area contributed by atoms with Crippen LogP contribution in [0.3, 0.4) is 0 Å². The number of hydrogen-bond donors (Lipinski definition) is 1. The van der Waals surface area contributed by atoms with Gasteiger partial charge in [0.15, 0.2) is 0 Å². The van der Waals surface area contributed by atoms with E-state index in [-0.39, 0.29) is 0 Å². The van der Waals surface area contributed by atoms with Crippen LogP contribution in [0, 0.1) is 0 Å². The first-order valence-corrected chi connectivity index (χ1v) is 6.75. The minimum absolute atomic E-state index is 0.867. The second-order valence-corrected chi connectivity index (χ2v) is 4.62. The zero-order valence-corrected chi connectivity index (χ0v) is 10.7. The summed E-state index contributed by atoms with van der Waals surface area (Å²) in [7, 11) is 0. The van der Waals surface area contributed by atoms with Crippen molar-refractivity contribution in [1.29, 1.82) is 0 Å². The minimum atomic E-state index is 0.867. The quantitative estimate of drug-likeness (QED) is 0.844. The molecule has 0 aliphatic carbocycles. The van der Waals surface area contributed by atoms with Crippen molar-refractivity contribution in [3.05, 3.63) is 6.20 Å². The van der Waals surface area contributed by atoms with Gasteiger partial charge in [-0.3, -0.25) is 0 Å². The predicted molar refractivity (Wildman–Crippen MR) is 69.1 cm³/mol. The van der Waals surface area contributed by atoms with Crippen LogP contribution >= 0.6 is 0 Å². The lowest BCUT2D eigenvalue weighted by atomic mass is 10.2. The average molecular weight is 237 g/mol. The molecular formula is C12H23N5. The summed E-state index contributed by atoms with van der Waals surface area (Å²) >= 11 is 0. The van der Waals surface area contributed by atoms with E-state index in [1.165, 1.54) is 38.8 Å². The Balaban J connectivity index is 1.71. The highest BCUT2D eigenvalue weighted by atomic mass is 15.4. The summed E-state index contributed by atoms with van der Waals surface area (Å²) in [5.74, 6) is 1.03. The second-order valence-electron chi connectivity index (χ2n) is 4.62. The molecule has 0 amide bonds. The molecule has 0 saturated carbocycles. The maximum absolute atomic E-state index is 4.01. The van der Waals surface area contributed by atoms with E-state index in [0.29, 0.717) is 0 Å². The van der Waals surface area contributed by atoms with E-state index in [0.717, 1.165) is 25.5 Å². The van der Waals surface area contributed by atoms with Crippen LogP contribution in [0.15, 0.2) is 6.20 Å². The lowest BCUT2D eigenvalue weighted by Gasteiger charge is -2.19. The number of rotatable bonds is 5. The highest BCUT2D eigenvalue weighted by Gasteiger charge is 2.08. The SMILES string of the molecule is CCn1nncc1NCCN1CCCCCC1. The first-order chi connectivity index (χ1) is 8.40. The van der Waals surface area contributed by atoms with E-state index < -0.39 is 0 Å². The minimum Gasteiger partial charge on any atom is -0.368 e. The normalized spacial score (nSPS) is 17.9. The topological polar surface area (TPSA) is 46.0 Å². The second kappa shape index (κ2) is 6.59. The standard InChI is InChI=1S/C12H23N5/c1-2-17-12(11-14-15-17)13-7-10-16-8-5-3-4-6-9-16/h11,13H,2-10H2,1H3. The van der Waals surface area contributed by atoms with E-state index in [2.05, 4.69) is 27.5 Å². The van der Waals surface area contributed by atoms with Crippen LogP contribution in [0.5, 0.6) is 0 Å². The molecule has 5 heteroatoms. The van der Waals surface area contributed by atoms with Gasteiger partial charge in [-0.1, -0.05) is 18.1 Å². The van der Waals surface area contributed by atoms with E-state index >= 15 is 0 Å². The smallest absolute Gasteiger partial charge is 0.144 e. The van der Waals surface area contributed by atoms with Crippen molar-refractivity contribution in [2.24, 2.45) is 0 Å². The van der Waals surface area contributed by atoms with E-state index in [1.807, 2.05) is 4.68 Å². The Morgan fingerprint density at radius 2 is 2.00 bits per heavy atom. The van der Waals surface area contributed by atoms with Gasteiger partial charge in [-0.25, -0.2) is 4.68 Å². The molecule has 0 unspecified atom stereocenters. The number of nitrogens with zero attached hydrogens (tertiary/aromatic N) is 4. The van der Waals surface area contributed by atoms with E-state index in [4.69, 9.17) is 0 Å². The zero-order chi connectivity index (χ0) is 11.9. The third-order valence-corrected chi connectivity index (χ3v) is 3.35. The Bertz CT molecular complexity index is 314. The molecule has 0 bridgehead atoms. The van der Waals surface area contributed by atoms with Crippen LogP contribution in [0.4, 0.5) is 5.82 Å². The van der Waals surface area contributed by atoms with Gasteiger partial charge in [-0.2, -0.15) is 0 Å². The van der Waals surface area contributed by atoms with Crippen molar-refractivity contribution < 1.29 is 0 Å². The molecule has 2 heterocycles. The van der Waals surface area contributed by atoms with Gasteiger partial charge in [0.05, 0.1) is 6.20 Å². The summed E-state index contributed by atoms with van der Waals surface area (Å²) in [6.07, 6.45) is 7.31. The molecule has 1 aliphatic heterocycles. The summed E-state index contributed by atoms with van der Waals surface area (Å²) in [6, 6.07) is 0. The monoisotopic (exact) mass is 237 g/mol. The van der Waals surface area contributed by atoms with E-state index in [1.54, 1.807) is 6.20 Å². The zero-order valence-electron chi connectivity index (χ0n) is 10.7. The number of anilines is 1. The van der Waals surface area contributed by atoms with Gasteiger partial charge < -0.3 is 10.2 Å². The van der Waals surface area contributed by atoms with Crippen LogP contribution in [0.25, 0.3) is 0 Å². The molecular weight excluding hydrogens is 214 g/mol. The first kappa shape index (κ1) is 12.4. The van der Waals surface area contributed by atoms with Crippen molar-refractivity contribution in [3.63, 3.8) is 0 Å². The molecule has 5 nitrogen and oxygen atoms in total. The third kappa shape index (κ3) is 3.70. The Morgan fingerprint density at radius 3 is 2.71 bits per heavy atom. The molecule has 2 rings (SSSR count). The van der Waals surface area contributed by atoms with Crippen LogP contribution < -0.4 is 5.32 Å². The summed E-state index contributed by atoms with van der Waals surface area (Å²) < 4.78 is 1.89. The number of aromatic nitrogens is 3. The number of hydrogen-bond acceptors (Lipinski definition) is 4. The van der Waals surface area contributed by atoms with Gasteiger partial charge in [0, 0.05) is 19.6 Å². The maximum atomic E-state index is 4.01. The molecule has 0 aromatic carbocycles. The van der Waals surface area contributed by atoms with Crippen LogP contribution in [-0.4, -0.2) is 46.1 Å². The van der Waals surface area contributed by atoms with Crippen molar-refractivity contribution in [3.8, 4) is 0 Å². The van der Waals surface area contributed by atoms with Crippen molar-refractivity contribution in [2.45, 2.75) is 39.2 Å². The fraction of sp³-hybridized carbons (Fsp3) is 0.833. The molecule has 1 aliphatic rings. The molecule has 96 valence electrons. The molecule has 1 aromatic heterocycles. The Kier molecular flexibility index (Phi) is 4.79. The van der Waals surface area contributed by atoms with Gasteiger partial charge in [0.25, 0.3) is 0 Å². The predicted octanol–water partition coefficient (Wildman–Crippen LogP) is 1.59. The summed E-state index contributed by atoms with van der Waals surface area (Å²) in [5.41, 5.74) is 0. The Labute approximate surface area is 103 Å². The van der Waals surface area contributed by atoms with Crippen LogP contribution in [0.1, 0.15) is 32.6 Å². The molecule has 17 heavy (non-hydrogen) atoms. The largest absolute Gasteiger partial charge is 0.368 e. The summed E-state index contributed by atoms with van der Waals surface area (Å²) in [5, 5.41) is 11.3. The van der Waals surface area contributed by atoms with Gasteiger partial charge in [-0.15, -0.1) is 5.10 Å². The lowest BCUT2D eigenvalue weighted by molar-refractivity contribution is 0.296. The van der Waals surface area contributed by atoms with Gasteiger partial charge in [0.2, 0.25) is 0 Å². The lowest BCUT2D eigenvalue weighted by Crippen LogP contribution is -2.30. The van der Waals surface area contributed by atoms with Gasteiger partial charge in [-0.05, 0) is 32.9 Å². The van der Waals surface area contributed by atoms with Gasteiger partial charge in [0.1, 0.15) is 5.82 Å². The molecule has 0 radical (unpaired) electrons. The molecule has 1 N–H and O–H groups in total. The first-order valence-electron chi connectivity index (χ1n) is 6.75. The van der Waals surface area contributed by atoms with Crippen molar-refractivity contribution >= 4 is 5.82 Å². The van der Waals surface area contributed by atoms with Gasteiger partial charge >= 0.3 is 0 Å². The molecule has 1 aromatic rings. The number of aryl methyl sites for hydroxylation is 1. The van der Waals surface area contributed by atoms with Crippen LogP contribution in [0.2, 0.25) is 0 Å². The van der Waals surface area contributed by atoms with E-state index in [9.17, 15) is 0 Å². The fourth-order valence-electron chi connectivity index (χ4n) is 2.33. The molecule has 1 saturated heterocycles. The molecule has 0 atom stereocenters. The molecule has 1 fully saturated rings. The highest BCUT2D eigenvalue weighted by Crippen LogP contribution is 2.09. The summed E-state index contributed by atoms with van der Waals surface area (Å²) in [6.45, 7) is 7.56. The molecule has 0 spiro atoms. The van der Waals surface area contributed by atoms with Crippen LogP contribution in [-0.2, 0) is 6.54 Å².